The molecule has 1 aromatic heterocycles. The van der Waals surface area contributed by atoms with Gasteiger partial charge in [0.1, 0.15) is 0 Å². The monoisotopic (exact) mass is 321 g/mol. The van der Waals surface area contributed by atoms with Crippen LogP contribution in [0.5, 0.6) is 0 Å². The van der Waals surface area contributed by atoms with E-state index in [1.807, 2.05) is 0 Å². The summed E-state index contributed by atoms with van der Waals surface area (Å²) in [6.07, 6.45) is 3.03. The molecule has 0 bridgehead atoms. The van der Waals surface area contributed by atoms with Gasteiger partial charge in [0.05, 0.1) is 4.90 Å². The van der Waals surface area contributed by atoms with Gasteiger partial charge in [-0.3, -0.25) is 0 Å². The van der Waals surface area contributed by atoms with Gasteiger partial charge in [-0.2, -0.15) is 0 Å². The van der Waals surface area contributed by atoms with Crippen molar-refractivity contribution in [3.05, 3.63) is 24.3 Å². The van der Waals surface area contributed by atoms with Gasteiger partial charge in [-0.15, -0.1) is 5.10 Å². The fraction of sp³-hybridized carbons (Fsp3) is 0.500. The van der Waals surface area contributed by atoms with Gasteiger partial charge in [-0.05, 0) is 41.3 Å². The van der Waals surface area contributed by atoms with E-state index >= 15 is 0 Å². The largest absolute Gasteiger partial charge is 0.240 e. The molecule has 2 atom stereocenters. The predicted octanol–water partition coefficient (Wildman–Crippen LogP) is 1.34. The second-order valence-electron chi connectivity index (χ2n) is 5.79. The summed E-state index contributed by atoms with van der Waals surface area (Å²) in [7, 11) is -1.81. The molecule has 7 nitrogen and oxygen atoms in total. The molecule has 0 aliphatic heterocycles. The Balaban J connectivity index is 1.89. The molecular formula is C14H19N5O2S. The van der Waals surface area contributed by atoms with Gasteiger partial charge in [-0.1, -0.05) is 25.5 Å². The van der Waals surface area contributed by atoms with Crippen LogP contribution in [0, 0.1) is 5.92 Å². The first-order valence-electron chi connectivity index (χ1n) is 7.32. The molecule has 0 amide bonds. The maximum absolute atomic E-state index is 12.6. The van der Waals surface area contributed by atoms with Crippen LogP contribution in [0.25, 0.3) is 11.4 Å². The van der Waals surface area contributed by atoms with Crippen LogP contribution in [0.4, 0.5) is 0 Å². The highest BCUT2D eigenvalue weighted by Crippen LogP contribution is 2.27. The molecule has 8 heteroatoms. The predicted molar refractivity (Wildman–Crippen MR) is 81.4 cm³/mol. The van der Waals surface area contributed by atoms with Crippen LogP contribution >= 0.6 is 0 Å². The number of aryl methyl sites for hydroxylation is 1. The van der Waals surface area contributed by atoms with Crippen LogP contribution in [-0.2, 0) is 17.1 Å². The van der Waals surface area contributed by atoms with E-state index in [2.05, 4.69) is 27.2 Å². The maximum Gasteiger partial charge on any atom is 0.240 e. The molecule has 1 heterocycles. The van der Waals surface area contributed by atoms with Crippen LogP contribution in [0.1, 0.15) is 26.2 Å². The highest BCUT2D eigenvalue weighted by Gasteiger charge is 2.28. The highest BCUT2D eigenvalue weighted by atomic mass is 32.2. The summed E-state index contributed by atoms with van der Waals surface area (Å²) in [5, 5.41) is 11.3. The van der Waals surface area contributed by atoms with Gasteiger partial charge < -0.3 is 0 Å². The molecule has 1 saturated carbocycles. The Morgan fingerprint density at radius 2 is 2.14 bits per heavy atom. The molecule has 1 aromatic carbocycles. The second kappa shape index (κ2) is 5.77. The first-order valence-corrected chi connectivity index (χ1v) is 8.81. The number of aromatic nitrogens is 4. The van der Waals surface area contributed by atoms with Gasteiger partial charge in [0.2, 0.25) is 10.0 Å². The van der Waals surface area contributed by atoms with Crippen molar-refractivity contribution in [3.63, 3.8) is 0 Å². The first-order chi connectivity index (χ1) is 10.5. The quantitative estimate of drug-likeness (QED) is 0.918. The third kappa shape index (κ3) is 2.89. The lowest BCUT2D eigenvalue weighted by atomic mass is 10.1. The minimum absolute atomic E-state index is 0.0187. The lowest BCUT2D eigenvalue weighted by Crippen LogP contribution is -2.36. The van der Waals surface area contributed by atoms with Gasteiger partial charge in [-0.25, -0.2) is 17.8 Å². The Kier molecular flexibility index (Phi) is 3.96. The Hall–Kier alpha value is -1.80. The Labute approximate surface area is 129 Å². The number of hydrogen-bond acceptors (Lipinski definition) is 5. The third-order valence-electron chi connectivity index (χ3n) is 4.19. The van der Waals surface area contributed by atoms with Crippen molar-refractivity contribution in [2.75, 3.05) is 0 Å². The molecule has 1 aliphatic rings. The SMILES string of the molecule is CC1CCCC1NS(=O)(=O)c1cccc(-c2nnnn2C)c1. The summed E-state index contributed by atoms with van der Waals surface area (Å²) in [5.74, 6) is 0.909. The van der Waals surface area contributed by atoms with E-state index in [1.54, 1.807) is 31.3 Å². The van der Waals surface area contributed by atoms with Crippen LogP contribution in [-0.4, -0.2) is 34.7 Å². The van der Waals surface area contributed by atoms with Crippen molar-refractivity contribution >= 4 is 10.0 Å². The molecule has 2 aromatic rings. The van der Waals surface area contributed by atoms with Gasteiger partial charge in [0.25, 0.3) is 0 Å². The minimum Gasteiger partial charge on any atom is -0.229 e. The lowest BCUT2D eigenvalue weighted by molar-refractivity contribution is 0.476. The summed E-state index contributed by atoms with van der Waals surface area (Å²) in [6, 6.07) is 6.72. The van der Waals surface area contributed by atoms with E-state index in [1.165, 1.54) is 4.68 Å². The van der Waals surface area contributed by atoms with Crippen LogP contribution in [0.15, 0.2) is 29.2 Å². The number of benzene rings is 1. The number of nitrogens with one attached hydrogen (secondary N) is 1. The number of rotatable bonds is 4. The molecule has 0 spiro atoms. The van der Waals surface area contributed by atoms with E-state index in [0.717, 1.165) is 19.3 Å². The van der Waals surface area contributed by atoms with E-state index in [0.29, 0.717) is 17.3 Å². The first kappa shape index (κ1) is 15.1. The van der Waals surface area contributed by atoms with Crippen LogP contribution < -0.4 is 4.72 Å². The minimum atomic E-state index is -3.53. The Bertz CT molecular complexity index is 771. The highest BCUT2D eigenvalue weighted by molar-refractivity contribution is 7.89. The van der Waals surface area contributed by atoms with Gasteiger partial charge >= 0.3 is 0 Å². The van der Waals surface area contributed by atoms with Crippen molar-refractivity contribution in [1.82, 2.24) is 24.9 Å². The lowest BCUT2D eigenvalue weighted by Gasteiger charge is -2.17. The molecule has 1 fully saturated rings. The Morgan fingerprint density at radius 3 is 2.77 bits per heavy atom. The average molecular weight is 321 g/mol. The van der Waals surface area contributed by atoms with Crippen LogP contribution in [0.3, 0.4) is 0 Å². The molecule has 2 unspecified atom stereocenters. The van der Waals surface area contributed by atoms with Gasteiger partial charge in [0, 0.05) is 18.7 Å². The molecule has 118 valence electrons. The number of hydrogen-bond donors (Lipinski definition) is 1. The summed E-state index contributed by atoms with van der Waals surface area (Å²) in [5.41, 5.74) is 0.676. The van der Waals surface area contributed by atoms with E-state index in [9.17, 15) is 8.42 Å². The fourth-order valence-corrected chi connectivity index (χ4v) is 4.29. The normalized spacial score (nSPS) is 22.1. The summed E-state index contributed by atoms with van der Waals surface area (Å²) >= 11 is 0. The topological polar surface area (TPSA) is 89.8 Å². The molecule has 0 saturated heterocycles. The molecule has 1 N–H and O–H groups in total. The zero-order chi connectivity index (χ0) is 15.7. The molecule has 0 radical (unpaired) electrons. The molecular weight excluding hydrogens is 302 g/mol. The molecule has 3 rings (SSSR count). The summed E-state index contributed by atoms with van der Waals surface area (Å²) in [6.45, 7) is 2.09. The van der Waals surface area contributed by atoms with Gasteiger partial charge in [0.15, 0.2) is 5.82 Å². The Morgan fingerprint density at radius 1 is 1.32 bits per heavy atom. The van der Waals surface area contributed by atoms with Crippen LogP contribution in [0.2, 0.25) is 0 Å². The zero-order valence-corrected chi connectivity index (χ0v) is 13.4. The smallest absolute Gasteiger partial charge is 0.229 e. The zero-order valence-electron chi connectivity index (χ0n) is 12.6. The number of tetrazole rings is 1. The van der Waals surface area contributed by atoms with Crippen molar-refractivity contribution in [2.45, 2.75) is 37.1 Å². The van der Waals surface area contributed by atoms with Crippen molar-refractivity contribution < 1.29 is 8.42 Å². The van der Waals surface area contributed by atoms with E-state index in [4.69, 9.17) is 0 Å². The second-order valence-corrected chi connectivity index (χ2v) is 7.50. The standard InChI is InChI=1S/C14H19N5O2S/c1-10-5-3-8-13(10)16-22(20,21)12-7-4-6-11(9-12)14-15-17-18-19(14)2/h4,6-7,9-10,13,16H,3,5,8H2,1-2H3. The van der Waals surface area contributed by atoms with Crippen molar-refractivity contribution in [1.29, 1.82) is 0 Å². The molecule has 22 heavy (non-hydrogen) atoms. The van der Waals surface area contributed by atoms with Crippen molar-refractivity contribution in [2.24, 2.45) is 13.0 Å². The summed E-state index contributed by atoms with van der Waals surface area (Å²) in [4.78, 5) is 0.243. The summed E-state index contributed by atoms with van der Waals surface area (Å²) < 4.78 is 29.5. The third-order valence-corrected chi connectivity index (χ3v) is 5.68. The van der Waals surface area contributed by atoms with Crippen molar-refractivity contribution in [3.8, 4) is 11.4 Å². The molecule has 1 aliphatic carbocycles. The average Bonchev–Trinajstić information content (AvgIpc) is 3.08. The fourth-order valence-electron chi connectivity index (χ4n) is 2.86. The number of sulfonamides is 1. The van der Waals surface area contributed by atoms with E-state index in [-0.39, 0.29) is 10.9 Å². The maximum atomic E-state index is 12.6. The van der Waals surface area contributed by atoms with E-state index < -0.39 is 10.0 Å². The number of nitrogens with zero attached hydrogens (tertiary/aromatic N) is 4.